The van der Waals surface area contributed by atoms with Crippen LogP contribution in [-0.2, 0) is 19.3 Å². The Morgan fingerprint density at radius 1 is 1.25 bits per heavy atom. The molecule has 16 heavy (non-hydrogen) atoms. The molecular formula is C10H16O6. The molecule has 0 amide bonds. The third kappa shape index (κ3) is 4.50. The molecule has 0 rings (SSSR count). The molecule has 0 heterocycles. The highest BCUT2D eigenvalue weighted by atomic mass is 17.1. The lowest BCUT2D eigenvalue weighted by Crippen LogP contribution is -2.37. The number of carboxylic acid groups (broad SMARTS) is 1. The summed E-state index contributed by atoms with van der Waals surface area (Å²) < 4.78 is 0. The fourth-order valence-corrected chi connectivity index (χ4v) is 1.22. The van der Waals surface area contributed by atoms with Crippen LogP contribution in [0.5, 0.6) is 0 Å². The maximum atomic E-state index is 11.2. The van der Waals surface area contributed by atoms with Gasteiger partial charge in [0, 0.05) is 19.3 Å². The van der Waals surface area contributed by atoms with Crippen molar-refractivity contribution in [2.45, 2.75) is 39.2 Å². The predicted octanol–water partition coefficient (Wildman–Crippen LogP) is 0.894. The number of rotatable bonds is 7. The fraction of sp³-hybridized carbons (Fsp3) is 0.700. The van der Waals surface area contributed by atoms with Gasteiger partial charge in [0.1, 0.15) is 5.60 Å². The van der Waals surface area contributed by atoms with Gasteiger partial charge in [0.25, 0.3) is 0 Å². The lowest BCUT2D eigenvalue weighted by Gasteiger charge is -2.29. The Bertz CT molecular complexity index is 294. The van der Waals surface area contributed by atoms with Gasteiger partial charge in [0.15, 0.2) is 11.6 Å². The average Bonchev–Trinajstić information content (AvgIpc) is 2.15. The summed E-state index contributed by atoms with van der Waals surface area (Å²) in [4.78, 5) is 36.7. The van der Waals surface area contributed by atoms with E-state index in [1.165, 1.54) is 13.8 Å². The third-order valence-electron chi connectivity index (χ3n) is 2.46. The van der Waals surface area contributed by atoms with E-state index in [-0.39, 0.29) is 12.8 Å². The van der Waals surface area contributed by atoms with E-state index in [0.717, 1.165) is 6.92 Å². The SMILES string of the molecule is CC(=O)C(=O)CC(CC(=O)O)C(C)(C)OO. The number of Topliss-reactive ketones (excluding diaryl/α,β-unsaturated/α-hetero) is 2. The summed E-state index contributed by atoms with van der Waals surface area (Å²) in [5, 5.41) is 17.3. The number of hydrogen-bond acceptors (Lipinski definition) is 5. The van der Waals surface area contributed by atoms with Crippen molar-refractivity contribution in [1.82, 2.24) is 0 Å². The van der Waals surface area contributed by atoms with Crippen molar-refractivity contribution in [2.75, 3.05) is 0 Å². The van der Waals surface area contributed by atoms with Crippen LogP contribution in [-0.4, -0.2) is 33.5 Å². The van der Waals surface area contributed by atoms with Crippen LogP contribution in [0.15, 0.2) is 0 Å². The minimum Gasteiger partial charge on any atom is -0.481 e. The molecule has 92 valence electrons. The molecule has 0 spiro atoms. The Kier molecular flexibility index (Phi) is 5.26. The van der Waals surface area contributed by atoms with E-state index in [1.54, 1.807) is 0 Å². The van der Waals surface area contributed by atoms with Crippen LogP contribution < -0.4 is 0 Å². The van der Waals surface area contributed by atoms with Gasteiger partial charge in [-0.2, -0.15) is 0 Å². The molecular weight excluding hydrogens is 216 g/mol. The van der Waals surface area contributed by atoms with Crippen molar-refractivity contribution in [3.05, 3.63) is 0 Å². The summed E-state index contributed by atoms with van der Waals surface area (Å²) in [6.45, 7) is 4.02. The van der Waals surface area contributed by atoms with Crippen LogP contribution in [0.2, 0.25) is 0 Å². The summed E-state index contributed by atoms with van der Waals surface area (Å²) in [6, 6.07) is 0. The van der Waals surface area contributed by atoms with Gasteiger partial charge in [-0.25, -0.2) is 4.89 Å². The summed E-state index contributed by atoms with van der Waals surface area (Å²) in [7, 11) is 0. The number of aliphatic carboxylic acids is 1. The van der Waals surface area contributed by atoms with Crippen LogP contribution in [0.4, 0.5) is 0 Å². The Morgan fingerprint density at radius 3 is 2.06 bits per heavy atom. The van der Waals surface area contributed by atoms with Crippen molar-refractivity contribution in [1.29, 1.82) is 0 Å². The summed E-state index contributed by atoms with van der Waals surface area (Å²) in [5.41, 5.74) is -1.19. The molecule has 0 fully saturated rings. The van der Waals surface area contributed by atoms with Gasteiger partial charge in [0.05, 0.1) is 6.42 Å². The van der Waals surface area contributed by atoms with Crippen molar-refractivity contribution < 1.29 is 29.6 Å². The molecule has 0 aliphatic carbocycles. The van der Waals surface area contributed by atoms with Crippen LogP contribution in [0.3, 0.4) is 0 Å². The van der Waals surface area contributed by atoms with E-state index in [1.807, 2.05) is 0 Å². The van der Waals surface area contributed by atoms with E-state index >= 15 is 0 Å². The van der Waals surface area contributed by atoms with Crippen molar-refractivity contribution in [3.63, 3.8) is 0 Å². The van der Waals surface area contributed by atoms with E-state index < -0.39 is 29.1 Å². The first-order valence-electron chi connectivity index (χ1n) is 4.78. The Balaban J connectivity index is 4.75. The molecule has 1 atom stereocenters. The second-order valence-electron chi connectivity index (χ2n) is 4.17. The first-order valence-corrected chi connectivity index (χ1v) is 4.78. The molecule has 2 N–H and O–H groups in total. The molecule has 6 heteroatoms. The largest absolute Gasteiger partial charge is 0.481 e. The van der Waals surface area contributed by atoms with E-state index in [4.69, 9.17) is 10.4 Å². The molecule has 6 nitrogen and oxygen atoms in total. The molecule has 0 saturated carbocycles. The number of carboxylic acids is 1. The Hall–Kier alpha value is -1.27. The average molecular weight is 232 g/mol. The predicted molar refractivity (Wildman–Crippen MR) is 53.8 cm³/mol. The maximum Gasteiger partial charge on any atom is 0.303 e. The fourth-order valence-electron chi connectivity index (χ4n) is 1.22. The quantitative estimate of drug-likeness (QED) is 0.384. The monoisotopic (exact) mass is 232 g/mol. The van der Waals surface area contributed by atoms with Crippen LogP contribution >= 0.6 is 0 Å². The lowest BCUT2D eigenvalue weighted by molar-refractivity contribution is -0.326. The standard InChI is InChI=1S/C10H16O6/c1-6(11)8(12)4-7(5-9(13)14)10(2,3)16-15/h7,15H,4-5H2,1-3H3,(H,13,14). The number of carbonyl (C=O) groups excluding carboxylic acids is 2. The number of ketones is 2. The molecule has 0 saturated heterocycles. The molecule has 0 aliphatic rings. The molecule has 0 radical (unpaired) electrons. The van der Waals surface area contributed by atoms with Gasteiger partial charge in [-0.05, 0) is 13.8 Å². The Morgan fingerprint density at radius 2 is 1.75 bits per heavy atom. The molecule has 1 unspecified atom stereocenters. The molecule has 0 aromatic heterocycles. The topological polar surface area (TPSA) is 101 Å². The van der Waals surface area contributed by atoms with Crippen molar-refractivity contribution in [3.8, 4) is 0 Å². The highest BCUT2D eigenvalue weighted by molar-refractivity contribution is 6.36. The molecule has 0 aromatic carbocycles. The normalized spacial score (nSPS) is 13.2. The number of hydrogen-bond donors (Lipinski definition) is 2. The van der Waals surface area contributed by atoms with Crippen LogP contribution in [0, 0.1) is 5.92 Å². The minimum absolute atomic E-state index is 0.255. The zero-order valence-corrected chi connectivity index (χ0v) is 9.52. The molecule has 0 aromatic rings. The highest BCUT2D eigenvalue weighted by Gasteiger charge is 2.35. The first-order chi connectivity index (χ1) is 7.20. The van der Waals surface area contributed by atoms with Gasteiger partial charge >= 0.3 is 5.97 Å². The Labute approximate surface area is 93.1 Å². The van der Waals surface area contributed by atoms with Crippen molar-refractivity contribution in [2.24, 2.45) is 5.92 Å². The second kappa shape index (κ2) is 5.72. The lowest BCUT2D eigenvalue weighted by atomic mass is 9.83. The van der Waals surface area contributed by atoms with Crippen molar-refractivity contribution >= 4 is 17.5 Å². The second-order valence-corrected chi connectivity index (χ2v) is 4.17. The zero-order chi connectivity index (χ0) is 12.9. The highest BCUT2D eigenvalue weighted by Crippen LogP contribution is 2.27. The summed E-state index contributed by atoms with van der Waals surface area (Å²) in [6.07, 6.45) is -0.609. The zero-order valence-electron chi connectivity index (χ0n) is 9.52. The summed E-state index contributed by atoms with van der Waals surface area (Å²) in [5.74, 6) is -3.18. The first kappa shape index (κ1) is 14.7. The van der Waals surface area contributed by atoms with Gasteiger partial charge in [0.2, 0.25) is 0 Å². The smallest absolute Gasteiger partial charge is 0.303 e. The van der Waals surface area contributed by atoms with Gasteiger partial charge < -0.3 is 5.11 Å². The van der Waals surface area contributed by atoms with Crippen LogP contribution in [0.25, 0.3) is 0 Å². The molecule has 0 bridgehead atoms. The van der Waals surface area contributed by atoms with Crippen LogP contribution in [0.1, 0.15) is 33.6 Å². The van der Waals surface area contributed by atoms with Gasteiger partial charge in [-0.15, -0.1) is 0 Å². The van der Waals surface area contributed by atoms with E-state index in [9.17, 15) is 14.4 Å². The van der Waals surface area contributed by atoms with Gasteiger partial charge in [-0.3, -0.25) is 19.6 Å². The van der Waals surface area contributed by atoms with Gasteiger partial charge in [-0.1, -0.05) is 0 Å². The third-order valence-corrected chi connectivity index (χ3v) is 2.46. The summed E-state index contributed by atoms with van der Waals surface area (Å²) >= 11 is 0. The number of carbonyl (C=O) groups is 3. The van der Waals surface area contributed by atoms with E-state index in [0.29, 0.717) is 0 Å². The van der Waals surface area contributed by atoms with E-state index in [2.05, 4.69) is 4.89 Å². The molecule has 0 aliphatic heterocycles. The maximum absolute atomic E-state index is 11.2. The minimum atomic E-state index is -1.19.